The van der Waals surface area contributed by atoms with Gasteiger partial charge >= 0.3 is 5.97 Å². The van der Waals surface area contributed by atoms with E-state index < -0.39 is 17.3 Å². The van der Waals surface area contributed by atoms with Crippen LogP contribution in [-0.2, 0) is 17.8 Å². The highest BCUT2D eigenvalue weighted by Crippen LogP contribution is 2.33. The van der Waals surface area contributed by atoms with Gasteiger partial charge in [0.25, 0.3) is 0 Å². The molecule has 2 rings (SSSR count). The largest absolute Gasteiger partial charge is 0.489 e. The van der Waals surface area contributed by atoms with Crippen molar-refractivity contribution >= 4 is 5.97 Å². The van der Waals surface area contributed by atoms with Gasteiger partial charge in [-0.3, -0.25) is 4.79 Å². The summed E-state index contributed by atoms with van der Waals surface area (Å²) in [6, 6.07) is 17.5. The quantitative estimate of drug-likeness (QED) is 0.715. The Balaban J connectivity index is 2.18. The van der Waals surface area contributed by atoms with Crippen molar-refractivity contribution in [3.8, 4) is 5.75 Å². The van der Waals surface area contributed by atoms with Gasteiger partial charge in [0.05, 0.1) is 5.92 Å². The molecular formula is C21H24O3. The zero-order chi connectivity index (χ0) is 17.6. The maximum atomic E-state index is 11.7. The second kappa shape index (κ2) is 7.82. The number of aliphatic carboxylic acids is 1. The summed E-state index contributed by atoms with van der Waals surface area (Å²) in [5.41, 5.74) is 1.47. The zero-order valence-electron chi connectivity index (χ0n) is 14.2. The van der Waals surface area contributed by atoms with Crippen LogP contribution in [0.1, 0.15) is 25.0 Å². The average molecular weight is 324 g/mol. The number of carboxylic acids is 1. The Bertz CT molecular complexity index is 689. The van der Waals surface area contributed by atoms with E-state index in [1.807, 2.05) is 68.4 Å². The van der Waals surface area contributed by atoms with Gasteiger partial charge in [0.15, 0.2) is 0 Å². The lowest BCUT2D eigenvalue weighted by molar-refractivity contribution is -0.144. The van der Waals surface area contributed by atoms with Crippen molar-refractivity contribution in [1.29, 1.82) is 0 Å². The highest BCUT2D eigenvalue weighted by Gasteiger charge is 2.33. The molecule has 2 aromatic carbocycles. The van der Waals surface area contributed by atoms with Gasteiger partial charge in [0.1, 0.15) is 12.4 Å². The van der Waals surface area contributed by atoms with Crippen LogP contribution in [0, 0.1) is 11.3 Å². The number of benzene rings is 2. The molecule has 126 valence electrons. The van der Waals surface area contributed by atoms with Crippen LogP contribution >= 0.6 is 0 Å². The fourth-order valence-electron chi connectivity index (χ4n) is 2.58. The number of hydrogen-bond donors (Lipinski definition) is 1. The number of allylic oxidation sites excluding steroid dienone is 1. The van der Waals surface area contributed by atoms with E-state index in [0.717, 1.165) is 16.9 Å². The van der Waals surface area contributed by atoms with E-state index in [1.54, 1.807) is 6.08 Å². The number of hydrogen-bond acceptors (Lipinski definition) is 2. The first kappa shape index (κ1) is 17.8. The number of rotatable bonds is 8. The van der Waals surface area contributed by atoms with E-state index in [4.69, 9.17) is 4.74 Å². The summed E-state index contributed by atoms with van der Waals surface area (Å²) < 4.78 is 5.93. The summed E-state index contributed by atoms with van der Waals surface area (Å²) in [5.74, 6) is -0.651. The van der Waals surface area contributed by atoms with E-state index in [-0.39, 0.29) is 0 Å². The fourth-order valence-corrected chi connectivity index (χ4v) is 2.58. The molecule has 1 N–H and O–H groups in total. The summed E-state index contributed by atoms with van der Waals surface area (Å²) in [7, 11) is 0. The van der Waals surface area contributed by atoms with Gasteiger partial charge in [0, 0.05) is 0 Å². The van der Waals surface area contributed by atoms with E-state index in [2.05, 4.69) is 6.58 Å². The first-order valence-electron chi connectivity index (χ1n) is 8.05. The Morgan fingerprint density at radius 3 is 2.42 bits per heavy atom. The third-order valence-corrected chi connectivity index (χ3v) is 4.36. The number of carboxylic acid groups (broad SMARTS) is 1. The summed E-state index contributed by atoms with van der Waals surface area (Å²) in [6.45, 7) is 8.03. The lowest BCUT2D eigenvalue weighted by Crippen LogP contribution is -2.31. The number of carbonyl (C=O) groups is 1. The fraction of sp³-hybridized carbons (Fsp3) is 0.286. The molecule has 3 nitrogen and oxygen atoms in total. The van der Waals surface area contributed by atoms with Gasteiger partial charge in [-0.25, -0.2) is 0 Å². The lowest BCUT2D eigenvalue weighted by Gasteiger charge is -2.28. The van der Waals surface area contributed by atoms with Gasteiger partial charge in [0.2, 0.25) is 0 Å². The summed E-state index contributed by atoms with van der Waals surface area (Å²) in [6.07, 6.45) is 2.11. The maximum absolute atomic E-state index is 11.7. The molecule has 0 bridgehead atoms. The van der Waals surface area contributed by atoms with Crippen LogP contribution in [0.2, 0.25) is 0 Å². The van der Waals surface area contributed by atoms with E-state index >= 15 is 0 Å². The second-order valence-electron chi connectivity index (χ2n) is 6.50. The predicted octanol–water partition coefficient (Wildman–Crippen LogP) is 4.72. The standard InChI is InChI=1S/C21H24O3/c1-4-21(2,3)18(20(22)23)14-17-12-8-9-13-19(17)24-15-16-10-6-5-7-11-16/h4-13,18H,1,14-15H2,2-3H3,(H,22,23). The number of ether oxygens (including phenoxy) is 1. The van der Waals surface area contributed by atoms with Crippen LogP contribution < -0.4 is 4.74 Å². The molecule has 3 heteroatoms. The average Bonchev–Trinajstić information content (AvgIpc) is 2.59. The topological polar surface area (TPSA) is 46.5 Å². The molecule has 2 aromatic rings. The normalized spacial score (nSPS) is 12.4. The third kappa shape index (κ3) is 4.48. The third-order valence-electron chi connectivity index (χ3n) is 4.36. The second-order valence-corrected chi connectivity index (χ2v) is 6.50. The molecule has 0 aliphatic carbocycles. The van der Waals surface area contributed by atoms with Crippen molar-refractivity contribution in [2.75, 3.05) is 0 Å². The van der Waals surface area contributed by atoms with Crippen LogP contribution in [0.15, 0.2) is 67.3 Å². The molecule has 1 atom stereocenters. The highest BCUT2D eigenvalue weighted by molar-refractivity contribution is 5.72. The molecule has 1 unspecified atom stereocenters. The molecule has 0 amide bonds. The molecule has 0 aliphatic heterocycles. The first-order valence-corrected chi connectivity index (χ1v) is 8.05. The monoisotopic (exact) mass is 324 g/mol. The van der Waals surface area contributed by atoms with Crippen molar-refractivity contribution in [2.24, 2.45) is 11.3 Å². The van der Waals surface area contributed by atoms with Crippen molar-refractivity contribution < 1.29 is 14.6 Å². The minimum atomic E-state index is -0.822. The molecule has 0 aliphatic rings. The molecule has 0 saturated carbocycles. The molecular weight excluding hydrogens is 300 g/mol. The van der Waals surface area contributed by atoms with Gasteiger partial charge in [-0.05, 0) is 29.0 Å². The minimum absolute atomic E-state index is 0.402. The summed E-state index contributed by atoms with van der Waals surface area (Å²) in [5, 5.41) is 9.61. The summed E-state index contributed by atoms with van der Waals surface area (Å²) >= 11 is 0. The number of para-hydroxylation sites is 1. The highest BCUT2D eigenvalue weighted by atomic mass is 16.5. The molecule has 0 aromatic heterocycles. The Labute approximate surface area is 143 Å². The molecule has 24 heavy (non-hydrogen) atoms. The Morgan fingerprint density at radius 1 is 1.17 bits per heavy atom. The van der Waals surface area contributed by atoms with Crippen molar-refractivity contribution in [3.05, 3.63) is 78.4 Å². The first-order chi connectivity index (χ1) is 11.4. The predicted molar refractivity (Wildman–Crippen MR) is 96.0 cm³/mol. The van der Waals surface area contributed by atoms with E-state index in [0.29, 0.717) is 13.0 Å². The molecule has 0 heterocycles. The minimum Gasteiger partial charge on any atom is -0.489 e. The van der Waals surface area contributed by atoms with Gasteiger partial charge < -0.3 is 9.84 Å². The van der Waals surface area contributed by atoms with Gasteiger partial charge in [-0.1, -0.05) is 68.5 Å². The maximum Gasteiger partial charge on any atom is 0.307 e. The van der Waals surface area contributed by atoms with Crippen molar-refractivity contribution in [3.63, 3.8) is 0 Å². The molecule has 0 radical (unpaired) electrons. The zero-order valence-corrected chi connectivity index (χ0v) is 14.2. The molecule has 0 spiro atoms. The van der Waals surface area contributed by atoms with Gasteiger partial charge in [-0.2, -0.15) is 0 Å². The van der Waals surface area contributed by atoms with Crippen LogP contribution in [0.25, 0.3) is 0 Å². The van der Waals surface area contributed by atoms with Gasteiger partial charge in [-0.15, -0.1) is 6.58 Å². The Kier molecular flexibility index (Phi) is 5.80. The molecule has 0 fully saturated rings. The summed E-state index contributed by atoms with van der Waals surface area (Å²) in [4.78, 5) is 11.7. The van der Waals surface area contributed by atoms with E-state index in [9.17, 15) is 9.90 Å². The van der Waals surface area contributed by atoms with Crippen LogP contribution in [-0.4, -0.2) is 11.1 Å². The molecule has 0 saturated heterocycles. The van der Waals surface area contributed by atoms with E-state index in [1.165, 1.54) is 0 Å². The van der Waals surface area contributed by atoms with Crippen LogP contribution in [0.5, 0.6) is 5.75 Å². The Morgan fingerprint density at radius 2 is 1.79 bits per heavy atom. The SMILES string of the molecule is C=CC(C)(C)C(Cc1ccccc1OCc1ccccc1)C(=O)O. The van der Waals surface area contributed by atoms with Crippen LogP contribution in [0.3, 0.4) is 0 Å². The van der Waals surface area contributed by atoms with Crippen molar-refractivity contribution in [1.82, 2.24) is 0 Å². The van der Waals surface area contributed by atoms with Crippen molar-refractivity contribution in [2.45, 2.75) is 26.9 Å². The Hall–Kier alpha value is -2.55. The van der Waals surface area contributed by atoms with Crippen LogP contribution in [0.4, 0.5) is 0 Å². The lowest BCUT2D eigenvalue weighted by atomic mass is 9.75. The smallest absolute Gasteiger partial charge is 0.307 e.